The lowest BCUT2D eigenvalue weighted by molar-refractivity contribution is -0.143. The molecule has 0 aromatic carbocycles. The molecule has 448 valence electrons. The summed E-state index contributed by atoms with van der Waals surface area (Å²) in [6, 6.07) is -0.549. The molecule has 0 radical (unpaired) electrons. The number of hydrogen-bond donors (Lipinski definition) is 3. The minimum atomic E-state index is -0.671. The van der Waals surface area contributed by atoms with E-state index in [1.165, 1.54) is 289 Å². The zero-order valence-electron chi connectivity index (χ0n) is 51.3. The van der Waals surface area contributed by atoms with Crippen molar-refractivity contribution in [3.63, 3.8) is 0 Å². The third kappa shape index (κ3) is 61.3. The molecule has 0 heterocycles. The van der Waals surface area contributed by atoms with Gasteiger partial charge in [-0.05, 0) is 83.5 Å². The minimum Gasteiger partial charge on any atom is -0.466 e. The Hall–Kier alpha value is -1.92. The van der Waals surface area contributed by atoms with Crippen LogP contribution in [0.1, 0.15) is 373 Å². The number of unbranched alkanes of at least 4 members (excludes halogenated alkanes) is 47. The number of aliphatic hydroxyl groups is 2. The topological polar surface area (TPSA) is 95.9 Å². The summed E-state index contributed by atoms with van der Waals surface area (Å²) in [4.78, 5) is 24.6. The number of carbonyl (C=O) groups excluding carboxylic acids is 2. The van der Waals surface area contributed by atoms with Crippen LogP contribution in [0.15, 0.2) is 36.5 Å². The first-order valence-corrected chi connectivity index (χ1v) is 34.2. The largest absolute Gasteiger partial charge is 0.466 e. The number of allylic oxidation sites excluding steroid dienone is 6. The number of esters is 1. The number of hydrogen-bond acceptors (Lipinski definition) is 5. The fourth-order valence-corrected chi connectivity index (χ4v) is 10.7. The van der Waals surface area contributed by atoms with Gasteiger partial charge in [0.05, 0.1) is 25.4 Å². The molecule has 0 aliphatic rings. The van der Waals surface area contributed by atoms with Crippen LogP contribution < -0.4 is 5.32 Å². The van der Waals surface area contributed by atoms with Crippen molar-refractivity contribution < 1.29 is 24.5 Å². The molecule has 0 aliphatic heterocycles. The summed E-state index contributed by atoms with van der Waals surface area (Å²) in [6.07, 6.45) is 83.1. The van der Waals surface area contributed by atoms with Gasteiger partial charge in [-0.3, -0.25) is 9.59 Å². The summed E-state index contributed by atoms with van der Waals surface area (Å²) in [7, 11) is 0. The molecular weight excluding hydrogens is 935 g/mol. The van der Waals surface area contributed by atoms with Gasteiger partial charge in [-0.1, -0.05) is 314 Å². The lowest BCUT2D eigenvalue weighted by Gasteiger charge is -2.22. The molecule has 2 atom stereocenters. The smallest absolute Gasteiger partial charge is 0.305 e. The molecule has 0 saturated heterocycles. The summed E-state index contributed by atoms with van der Waals surface area (Å²) in [5, 5.41) is 23.4. The van der Waals surface area contributed by atoms with E-state index in [2.05, 4.69) is 55.6 Å². The van der Waals surface area contributed by atoms with E-state index in [9.17, 15) is 19.8 Å². The van der Waals surface area contributed by atoms with E-state index in [4.69, 9.17) is 4.74 Å². The van der Waals surface area contributed by atoms with Gasteiger partial charge in [0, 0.05) is 12.8 Å². The van der Waals surface area contributed by atoms with E-state index < -0.39 is 12.1 Å². The van der Waals surface area contributed by atoms with Crippen molar-refractivity contribution in [1.29, 1.82) is 0 Å². The summed E-state index contributed by atoms with van der Waals surface area (Å²) in [5.74, 6) is -0.0441. The van der Waals surface area contributed by atoms with Gasteiger partial charge < -0.3 is 20.3 Å². The molecule has 0 rings (SSSR count). The second-order valence-electron chi connectivity index (χ2n) is 23.5. The Labute approximate surface area is 474 Å². The number of ether oxygens (including phenoxy) is 1. The molecule has 0 aromatic rings. The van der Waals surface area contributed by atoms with E-state index in [1.807, 2.05) is 0 Å². The second kappa shape index (κ2) is 65.6. The highest BCUT2D eigenvalue weighted by Crippen LogP contribution is 2.18. The van der Waals surface area contributed by atoms with Crippen LogP contribution in [-0.2, 0) is 14.3 Å². The number of amides is 1. The van der Waals surface area contributed by atoms with Crippen LogP contribution in [0.3, 0.4) is 0 Å². The molecule has 0 aliphatic carbocycles. The van der Waals surface area contributed by atoms with Crippen molar-refractivity contribution in [2.45, 2.75) is 386 Å². The van der Waals surface area contributed by atoms with E-state index >= 15 is 0 Å². The highest BCUT2D eigenvalue weighted by Gasteiger charge is 2.20. The molecule has 0 saturated carbocycles. The normalized spacial score (nSPS) is 12.7. The highest BCUT2D eigenvalue weighted by molar-refractivity contribution is 5.76. The van der Waals surface area contributed by atoms with Gasteiger partial charge in [0.1, 0.15) is 0 Å². The Morgan fingerprint density at radius 2 is 0.658 bits per heavy atom. The van der Waals surface area contributed by atoms with Crippen LogP contribution >= 0.6 is 0 Å². The van der Waals surface area contributed by atoms with Crippen molar-refractivity contribution in [3.8, 4) is 0 Å². The second-order valence-corrected chi connectivity index (χ2v) is 23.5. The molecule has 1 amide bonds. The molecule has 0 fully saturated rings. The molecule has 0 bridgehead atoms. The Morgan fingerprint density at radius 3 is 1.03 bits per heavy atom. The summed E-state index contributed by atoms with van der Waals surface area (Å²) in [6.45, 7) is 4.95. The standard InChI is InChI=1S/C70H133NO5/c1-3-5-7-9-11-13-15-17-19-21-22-23-25-28-31-34-38-42-46-50-54-58-62-68(73)67(66-72)71-69(74)63-59-55-51-47-43-39-35-32-29-26-24-27-30-33-37-41-45-49-53-57-61-65-76-70(75)64-60-56-52-48-44-40-36-20-18-16-14-12-10-8-6-4-2/h14,16,20,26,29,36,67-68,72-73H,3-13,15,17-19,21-25,27-28,30-35,37-66H2,1-2H3,(H,71,74)/b16-14-,29-26-,36-20-. The summed E-state index contributed by atoms with van der Waals surface area (Å²) >= 11 is 0. The first-order valence-electron chi connectivity index (χ1n) is 34.2. The van der Waals surface area contributed by atoms with Gasteiger partial charge in [-0.2, -0.15) is 0 Å². The van der Waals surface area contributed by atoms with Crippen LogP contribution in [0.4, 0.5) is 0 Å². The van der Waals surface area contributed by atoms with Gasteiger partial charge >= 0.3 is 5.97 Å². The number of nitrogens with one attached hydrogen (secondary N) is 1. The maximum atomic E-state index is 12.5. The molecule has 76 heavy (non-hydrogen) atoms. The molecule has 0 spiro atoms. The zero-order chi connectivity index (χ0) is 55.0. The summed E-state index contributed by atoms with van der Waals surface area (Å²) in [5.41, 5.74) is 0. The average Bonchev–Trinajstić information content (AvgIpc) is 3.42. The molecule has 0 aromatic heterocycles. The van der Waals surface area contributed by atoms with E-state index in [0.29, 0.717) is 25.9 Å². The first-order chi connectivity index (χ1) is 37.5. The maximum absolute atomic E-state index is 12.5. The number of carbonyl (C=O) groups is 2. The predicted molar refractivity (Wildman–Crippen MR) is 333 cm³/mol. The third-order valence-corrected chi connectivity index (χ3v) is 15.9. The van der Waals surface area contributed by atoms with Crippen molar-refractivity contribution in [2.24, 2.45) is 0 Å². The van der Waals surface area contributed by atoms with Crippen LogP contribution in [-0.4, -0.2) is 47.4 Å². The summed E-state index contributed by atoms with van der Waals surface area (Å²) < 4.78 is 5.48. The quantitative estimate of drug-likeness (QED) is 0.0320. The molecule has 2 unspecified atom stereocenters. The fourth-order valence-electron chi connectivity index (χ4n) is 10.7. The fraction of sp³-hybridized carbons (Fsp3) is 0.886. The van der Waals surface area contributed by atoms with Crippen molar-refractivity contribution in [1.82, 2.24) is 5.32 Å². The van der Waals surface area contributed by atoms with Gasteiger partial charge in [0.25, 0.3) is 0 Å². The molecular formula is C70H133NO5. The van der Waals surface area contributed by atoms with E-state index in [-0.39, 0.29) is 18.5 Å². The van der Waals surface area contributed by atoms with Crippen LogP contribution in [0.5, 0.6) is 0 Å². The lowest BCUT2D eigenvalue weighted by Crippen LogP contribution is -2.45. The Morgan fingerprint density at radius 1 is 0.368 bits per heavy atom. The Balaban J connectivity index is 3.43. The van der Waals surface area contributed by atoms with Gasteiger partial charge in [0.2, 0.25) is 5.91 Å². The molecule has 6 heteroatoms. The van der Waals surface area contributed by atoms with Gasteiger partial charge in [-0.25, -0.2) is 0 Å². The predicted octanol–water partition coefficient (Wildman–Crippen LogP) is 21.9. The lowest BCUT2D eigenvalue weighted by atomic mass is 10.0. The molecule has 3 N–H and O–H groups in total. The van der Waals surface area contributed by atoms with Crippen molar-refractivity contribution in [3.05, 3.63) is 36.5 Å². The van der Waals surface area contributed by atoms with Gasteiger partial charge in [0.15, 0.2) is 0 Å². The Bertz CT molecular complexity index is 1230. The van der Waals surface area contributed by atoms with Gasteiger partial charge in [-0.15, -0.1) is 0 Å². The Kier molecular flexibility index (Phi) is 63.9. The highest BCUT2D eigenvalue weighted by atomic mass is 16.5. The maximum Gasteiger partial charge on any atom is 0.305 e. The van der Waals surface area contributed by atoms with E-state index in [0.717, 1.165) is 51.4 Å². The molecule has 6 nitrogen and oxygen atoms in total. The number of aliphatic hydroxyl groups excluding tert-OH is 2. The average molecular weight is 1070 g/mol. The zero-order valence-corrected chi connectivity index (χ0v) is 51.3. The van der Waals surface area contributed by atoms with E-state index in [1.54, 1.807) is 0 Å². The van der Waals surface area contributed by atoms with Crippen LogP contribution in [0, 0.1) is 0 Å². The monoisotopic (exact) mass is 1070 g/mol. The SMILES string of the molecule is CCCCCC/C=C\C/C=C\CCCCCCCC(=O)OCCCCCCCCCCCC/C=C\CCCCCCCCCC(=O)NC(CO)C(O)CCCCCCCCCCCCCCCCCCCCCCCC. The number of rotatable bonds is 64. The van der Waals surface area contributed by atoms with Crippen LogP contribution in [0.2, 0.25) is 0 Å². The first kappa shape index (κ1) is 74.1. The third-order valence-electron chi connectivity index (χ3n) is 15.9. The van der Waals surface area contributed by atoms with Crippen molar-refractivity contribution >= 4 is 11.9 Å². The van der Waals surface area contributed by atoms with Crippen molar-refractivity contribution in [2.75, 3.05) is 13.2 Å². The van der Waals surface area contributed by atoms with Crippen LogP contribution in [0.25, 0.3) is 0 Å². The minimum absolute atomic E-state index is 0.00465.